The Hall–Kier alpha value is -2.02. The highest BCUT2D eigenvalue weighted by molar-refractivity contribution is 7.90. The van der Waals surface area contributed by atoms with E-state index in [1.807, 2.05) is 0 Å². The van der Waals surface area contributed by atoms with Gasteiger partial charge in [0.1, 0.15) is 17.5 Å². The van der Waals surface area contributed by atoms with Gasteiger partial charge in [-0.2, -0.15) is 0 Å². The van der Waals surface area contributed by atoms with Gasteiger partial charge in [-0.05, 0) is 6.07 Å². The van der Waals surface area contributed by atoms with Gasteiger partial charge in [-0.3, -0.25) is 4.72 Å². The molecule has 0 saturated carbocycles. The summed E-state index contributed by atoms with van der Waals surface area (Å²) < 4.78 is 30.7. The number of aliphatic imine (C=N–C) groups is 1. The normalized spacial score (nSPS) is 18.8. The first kappa shape index (κ1) is 9.22. The Morgan fingerprint density at radius 2 is 2.19 bits per heavy atom. The van der Waals surface area contributed by atoms with Crippen molar-refractivity contribution in [3.8, 4) is 5.75 Å². The maximum Gasteiger partial charge on any atom is 0.264 e. The van der Waals surface area contributed by atoms with Crippen LogP contribution >= 0.6 is 0 Å². The summed E-state index contributed by atoms with van der Waals surface area (Å²) in [7, 11) is -3.51. The lowest BCUT2D eigenvalue weighted by Crippen LogP contribution is -2.25. The molecule has 0 radical (unpaired) electrons. The first-order chi connectivity index (χ1) is 7.67. The molecular weight excluding hydrogens is 230 g/mol. The molecule has 0 atom stereocenters. The molecule has 0 aromatic heterocycles. The van der Waals surface area contributed by atoms with Gasteiger partial charge in [-0.25, -0.2) is 13.4 Å². The van der Waals surface area contributed by atoms with Gasteiger partial charge in [0.15, 0.2) is 5.75 Å². The molecule has 1 aromatic carbocycles. The minimum Gasteiger partial charge on any atom is -0.461 e. The molecule has 6 nitrogen and oxygen atoms in total. The predicted molar refractivity (Wildman–Crippen MR) is 58.3 cm³/mol. The van der Waals surface area contributed by atoms with E-state index in [1.54, 1.807) is 12.3 Å². The summed E-state index contributed by atoms with van der Waals surface area (Å²) in [5.74, 6) is 0.462. The van der Waals surface area contributed by atoms with Gasteiger partial charge in [0.05, 0.1) is 11.4 Å². The van der Waals surface area contributed by atoms with Crippen LogP contribution in [0.1, 0.15) is 0 Å². The summed E-state index contributed by atoms with van der Waals surface area (Å²) in [6, 6.07) is 3.07. The number of nitrogens with zero attached hydrogens (tertiary/aromatic N) is 1. The van der Waals surface area contributed by atoms with Crippen molar-refractivity contribution in [1.82, 2.24) is 4.72 Å². The smallest absolute Gasteiger partial charge is 0.264 e. The Kier molecular flexibility index (Phi) is 1.72. The quantitative estimate of drug-likeness (QED) is 0.703. The van der Waals surface area contributed by atoms with E-state index in [1.165, 1.54) is 12.3 Å². The maximum atomic E-state index is 11.7. The maximum absolute atomic E-state index is 11.7. The van der Waals surface area contributed by atoms with Gasteiger partial charge in [0.25, 0.3) is 10.0 Å². The van der Waals surface area contributed by atoms with Crippen LogP contribution in [-0.2, 0) is 10.0 Å². The van der Waals surface area contributed by atoms with Crippen LogP contribution in [0.2, 0.25) is 0 Å². The van der Waals surface area contributed by atoms with Gasteiger partial charge in [0.2, 0.25) is 0 Å². The van der Waals surface area contributed by atoms with E-state index in [9.17, 15) is 8.42 Å². The van der Waals surface area contributed by atoms with Crippen molar-refractivity contribution in [1.29, 1.82) is 0 Å². The molecule has 0 unspecified atom stereocenters. The van der Waals surface area contributed by atoms with E-state index in [0.717, 1.165) is 6.34 Å². The van der Waals surface area contributed by atoms with Crippen molar-refractivity contribution < 1.29 is 13.2 Å². The Morgan fingerprint density at radius 1 is 1.31 bits per heavy atom. The zero-order chi connectivity index (χ0) is 11.2. The highest BCUT2D eigenvalue weighted by atomic mass is 32.2. The SMILES string of the molecule is O=S1(=O)NC=Nc2cc3c(cc21)OC=CN3. The van der Waals surface area contributed by atoms with Crippen LogP contribution in [0.15, 0.2) is 34.5 Å². The fourth-order valence-electron chi connectivity index (χ4n) is 1.54. The molecule has 82 valence electrons. The summed E-state index contributed by atoms with van der Waals surface area (Å²) >= 11 is 0. The molecule has 3 rings (SSSR count). The Labute approximate surface area is 91.7 Å². The van der Waals surface area contributed by atoms with E-state index in [2.05, 4.69) is 15.0 Å². The molecule has 2 aliphatic heterocycles. The molecule has 0 fully saturated rings. The fourth-order valence-corrected chi connectivity index (χ4v) is 2.50. The monoisotopic (exact) mass is 237 g/mol. The summed E-state index contributed by atoms with van der Waals surface area (Å²) in [4.78, 5) is 4.08. The minimum atomic E-state index is -3.51. The average molecular weight is 237 g/mol. The predicted octanol–water partition coefficient (Wildman–Crippen LogP) is 0.914. The summed E-state index contributed by atoms with van der Waals surface area (Å²) in [5, 5.41) is 2.95. The Balaban J connectivity index is 2.27. The number of nitrogens with one attached hydrogen (secondary N) is 2. The molecule has 0 bridgehead atoms. The zero-order valence-corrected chi connectivity index (χ0v) is 8.78. The van der Waals surface area contributed by atoms with Crippen molar-refractivity contribution in [2.75, 3.05) is 5.32 Å². The van der Waals surface area contributed by atoms with Gasteiger partial charge < -0.3 is 10.1 Å². The van der Waals surface area contributed by atoms with Crippen molar-refractivity contribution in [3.05, 3.63) is 24.6 Å². The second-order valence-corrected chi connectivity index (χ2v) is 4.94. The fraction of sp³-hybridized carbons (Fsp3) is 0. The summed E-state index contributed by atoms with van der Waals surface area (Å²) in [6.45, 7) is 0. The lowest BCUT2D eigenvalue weighted by Gasteiger charge is -2.18. The van der Waals surface area contributed by atoms with Crippen molar-refractivity contribution in [3.63, 3.8) is 0 Å². The number of hydrogen-bond donors (Lipinski definition) is 2. The lowest BCUT2D eigenvalue weighted by atomic mass is 10.2. The molecule has 2 heterocycles. The topological polar surface area (TPSA) is 79.8 Å². The number of benzene rings is 1. The number of sulfonamides is 1. The molecule has 1 aromatic rings. The van der Waals surface area contributed by atoms with Crippen molar-refractivity contribution >= 4 is 27.7 Å². The molecule has 16 heavy (non-hydrogen) atoms. The summed E-state index contributed by atoms with van der Waals surface area (Å²) in [6.07, 6.45) is 4.22. The average Bonchev–Trinajstić information content (AvgIpc) is 2.27. The Morgan fingerprint density at radius 3 is 3.06 bits per heavy atom. The molecule has 0 amide bonds. The van der Waals surface area contributed by atoms with Crippen LogP contribution in [0.25, 0.3) is 0 Å². The summed E-state index contributed by atoms with van der Waals surface area (Å²) in [5.41, 5.74) is 1.08. The first-order valence-electron chi connectivity index (χ1n) is 4.48. The number of hydrogen-bond acceptors (Lipinski definition) is 5. The van der Waals surface area contributed by atoms with Crippen molar-refractivity contribution in [2.45, 2.75) is 4.90 Å². The third kappa shape index (κ3) is 1.25. The van der Waals surface area contributed by atoms with Gasteiger partial charge in [0, 0.05) is 12.3 Å². The van der Waals surface area contributed by atoms with Crippen molar-refractivity contribution in [2.24, 2.45) is 4.99 Å². The second-order valence-electron chi connectivity index (χ2n) is 3.26. The van der Waals surface area contributed by atoms with E-state index >= 15 is 0 Å². The van der Waals surface area contributed by atoms with E-state index in [4.69, 9.17) is 4.74 Å². The van der Waals surface area contributed by atoms with Crippen LogP contribution in [0, 0.1) is 0 Å². The molecule has 0 spiro atoms. The highest BCUT2D eigenvalue weighted by Crippen LogP contribution is 2.37. The van der Waals surface area contributed by atoms with Gasteiger partial charge in [-0.15, -0.1) is 0 Å². The van der Waals surface area contributed by atoms with E-state index < -0.39 is 10.0 Å². The zero-order valence-electron chi connectivity index (χ0n) is 7.97. The lowest BCUT2D eigenvalue weighted by molar-refractivity contribution is 0.475. The number of ether oxygens (including phenoxy) is 1. The first-order valence-corrected chi connectivity index (χ1v) is 5.96. The van der Waals surface area contributed by atoms with Gasteiger partial charge in [-0.1, -0.05) is 0 Å². The largest absolute Gasteiger partial charge is 0.461 e. The molecular formula is C9H7N3O3S. The van der Waals surface area contributed by atoms with Crippen LogP contribution < -0.4 is 14.8 Å². The molecule has 2 N–H and O–H groups in total. The standard InChI is InChI=1S/C9H7N3O3S/c13-16(14)9-4-8-6(10-1-2-15-8)3-7(9)11-5-12-16/h1-5,10H,(H,11,12). The molecule has 0 aliphatic carbocycles. The van der Waals surface area contributed by atoms with E-state index in [-0.39, 0.29) is 4.90 Å². The number of anilines is 1. The van der Waals surface area contributed by atoms with Crippen LogP contribution in [-0.4, -0.2) is 14.8 Å². The Bertz CT molecular complexity index is 619. The second kappa shape index (κ2) is 2.99. The van der Waals surface area contributed by atoms with Crippen LogP contribution in [0.3, 0.4) is 0 Å². The third-order valence-electron chi connectivity index (χ3n) is 2.26. The minimum absolute atomic E-state index is 0.117. The van der Waals surface area contributed by atoms with Crippen LogP contribution in [0.4, 0.5) is 11.4 Å². The van der Waals surface area contributed by atoms with E-state index in [0.29, 0.717) is 17.1 Å². The number of fused-ring (bicyclic) bond motifs is 2. The van der Waals surface area contributed by atoms with Crippen LogP contribution in [0.5, 0.6) is 5.75 Å². The molecule has 7 heteroatoms. The number of rotatable bonds is 0. The molecule has 2 aliphatic rings. The highest BCUT2D eigenvalue weighted by Gasteiger charge is 2.24. The third-order valence-corrected chi connectivity index (χ3v) is 3.59. The van der Waals surface area contributed by atoms with Gasteiger partial charge >= 0.3 is 0 Å². The molecule has 0 saturated heterocycles.